The second kappa shape index (κ2) is 40.9. The number of nitrogens with two attached hydrogens (primary N) is 2. The fourth-order valence-corrected chi connectivity index (χ4v) is 11.2. The highest BCUT2D eigenvalue weighted by Crippen LogP contribution is 2.19. The molecule has 1 fully saturated rings. The number of aliphatic carboxylic acids is 2. The van der Waals surface area contributed by atoms with Crippen LogP contribution in [0.5, 0.6) is 0 Å². The number of nitrogens with one attached hydrogen (secondary N) is 12. The molecule has 2 aromatic heterocycles. The van der Waals surface area contributed by atoms with Crippen LogP contribution in [-0.4, -0.2) is 187 Å². The van der Waals surface area contributed by atoms with Crippen LogP contribution in [0.2, 0.25) is 0 Å². The Bertz CT molecular complexity index is 3290. The number of nitrogens with zero attached hydrogens (tertiary/aromatic N) is 2. The zero-order valence-electron chi connectivity index (χ0n) is 57.0. The molecule has 1 aromatic carbocycles. The van der Waals surface area contributed by atoms with E-state index < -0.39 is 181 Å². The van der Waals surface area contributed by atoms with E-state index in [-0.39, 0.29) is 92.8 Å². The Morgan fingerprint density at radius 1 is 0.616 bits per heavy atom. The number of thiazole rings is 1. The van der Waals surface area contributed by atoms with Crippen LogP contribution < -0.4 is 70.0 Å². The fourth-order valence-electron chi connectivity index (χ4n) is 10.3. The molecule has 33 nitrogen and oxygen atoms in total. The molecule has 1 aliphatic rings. The summed E-state index contributed by atoms with van der Waals surface area (Å²) in [5.74, 6) is -16.7. The van der Waals surface area contributed by atoms with E-state index in [1.807, 2.05) is 6.92 Å². The Labute approximate surface area is 577 Å². The molecule has 12 amide bonds. The lowest BCUT2D eigenvalue weighted by molar-refractivity contribution is -0.142. The lowest BCUT2D eigenvalue weighted by Crippen LogP contribution is -2.61. The summed E-state index contributed by atoms with van der Waals surface area (Å²) in [7, 11) is 0. The van der Waals surface area contributed by atoms with E-state index >= 15 is 0 Å². The number of H-pyrrole nitrogens is 1. The monoisotopic (exact) mass is 1400 g/mol. The van der Waals surface area contributed by atoms with Crippen molar-refractivity contribution in [2.24, 2.45) is 35.1 Å². The molecule has 0 spiro atoms. The van der Waals surface area contributed by atoms with Crippen molar-refractivity contribution in [3.63, 3.8) is 0 Å². The Morgan fingerprint density at radius 3 is 1.73 bits per heavy atom. The van der Waals surface area contributed by atoms with Gasteiger partial charge in [-0.05, 0) is 81.2 Å². The number of imidazole rings is 1. The van der Waals surface area contributed by atoms with Crippen LogP contribution in [0.3, 0.4) is 0 Å². The third-order valence-electron chi connectivity index (χ3n) is 16.4. The second-order valence-electron chi connectivity index (χ2n) is 25.3. The largest absolute Gasteiger partial charge is 0.481 e. The molecule has 544 valence electrons. The number of ketones is 1. The number of aromatic amines is 1. The lowest BCUT2D eigenvalue weighted by atomic mass is 9.96. The van der Waals surface area contributed by atoms with Gasteiger partial charge in [0, 0.05) is 49.0 Å². The van der Waals surface area contributed by atoms with Crippen LogP contribution >= 0.6 is 11.3 Å². The number of unbranched alkanes of at least 4 members (excludes halogenated alkanes) is 1. The molecular formula is C65H96N16O17S. The summed E-state index contributed by atoms with van der Waals surface area (Å²) in [6.07, 6.45) is -0.255. The van der Waals surface area contributed by atoms with Crippen molar-refractivity contribution >= 4 is 99.9 Å². The Kier molecular flexibility index (Phi) is 33.7. The summed E-state index contributed by atoms with van der Waals surface area (Å²) in [4.78, 5) is 217. The Hall–Kier alpha value is -9.73. The first-order valence-corrected chi connectivity index (χ1v) is 34.0. The van der Waals surface area contributed by atoms with Gasteiger partial charge in [-0.1, -0.05) is 92.1 Å². The highest BCUT2D eigenvalue weighted by atomic mass is 32.1. The molecule has 0 bridgehead atoms. The van der Waals surface area contributed by atoms with E-state index in [0.29, 0.717) is 24.1 Å². The van der Waals surface area contributed by atoms with Crippen molar-refractivity contribution in [3.05, 3.63) is 70.2 Å². The quantitative estimate of drug-likeness (QED) is 0.0253. The van der Waals surface area contributed by atoms with Gasteiger partial charge in [-0.2, -0.15) is 0 Å². The topological polar surface area (TPSA) is 522 Å². The second-order valence-corrected chi connectivity index (χ2v) is 26.1. The van der Waals surface area contributed by atoms with Gasteiger partial charge >= 0.3 is 11.9 Å². The predicted octanol–water partition coefficient (Wildman–Crippen LogP) is -0.956. The first-order valence-electron chi connectivity index (χ1n) is 33.1. The van der Waals surface area contributed by atoms with Gasteiger partial charge < -0.3 is 85.1 Å². The molecule has 3 aromatic rings. The number of Topliss-reactive ketones (excluding diaryl/α,β-unsaturated/α-hetero) is 1. The van der Waals surface area contributed by atoms with Gasteiger partial charge in [-0.25, -0.2) is 9.97 Å². The fraction of sp³-hybridized carbons (Fsp3) is 0.585. The van der Waals surface area contributed by atoms with E-state index in [4.69, 9.17) is 11.5 Å². The summed E-state index contributed by atoms with van der Waals surface area (Å²) in [6, 6.07) is -7.09. The maximum Gasteiger partial charge on any atom is 0.305 e. The van der Waals surface area contributed by atoms with E-state index in [0.717, 1.165) is 11.3 Å². The molecule has 34 heteroatoms. The van der Waals surface area contributed by atoms with Crippen LogP contribution in [0.4, 0.5) is 0 Å². The molecule has 1 aliphatic heterocycles. The molecule has 99 heavy (non-hydrogen) atoms. The molecule has 18 N–H and O–H groups in total. The zero-order chi connectivity index (χ0) is 73.6. The van der Waals surface area contributed by atoms with Gasteiger partial charge in [0.25, 0.3) is 5.91 Å². The van der Waals surface area contributed by atoms with Crippen molar-refractivity contribution in [2.75, 3.05) is 13.1 Å². The maximum atomic E-state index is 14.7. The summed E-state index contributed by atoms with van der Waals surface area (Å²) in [5.41, 5.74) is 12.2. The van der Waals surface area contributed by atoms with E-state index in [1.54, 1.807) is 78.8 Å². The minimum atomic E-state index is -2.01. The molecule has 0 saturated carbocycles. The number of carbonyl (C=O) groups is 15. The van der Waals surface area contributed by atoms with Crippen molar-refractivity contribution in [3.8, 4) is 0 Å². The number of primary amides is 1. The Balaban J connectivity index is 1.65. The van der Waals surface area contributed by atoms with E-state index in [1.165, 1.54) is 17.9 Å². The lowest BCUT2D eigenvalue weighted by Gasteiger charge is -2.29. The number of carbonyl (C=O) groups excluding carboxylic acids is 13. The standard InChI is InChI=1S/C65H96N16O17S/c1-9-35(7)52-64(98)78-43(26-37-17-12-11-13-18-37)58(92)75-44(27-38-30-68-32-70-38)59(93)77-46(29-50(85)86)61(95)76-45(28-48(67)82)60(94)72-39(54(88)71-40(20-16-23-66)55(89)81-52)19-14-15-24-69-63(97)51(34(5)6)80-56(90)41(21-22-49(83)84)73-57(91)42(25-33(3)4)74-62(96)47-31-99-65(79-47)53(87)36(8)10-2/h11-13,17-18,30-36,39-46,51-52H,9-10,14-16,19-29,66H2,1-8H3,(H2,67,82)(H,68,70)(H,69,97)(H,71,88)(H,72,94)(H,73,91)(H,74,96)(H,75,92)(H,76,95)(H,77,93)(H,78,98)(H,80,90)(H,81,89)(H,83,84)(H,85,86). The van der Waals surface area contributed by atoms with Crippen LogP contribution in [0.1, 0.15) is 164 Å². The molecule has 1 saturated heterocycles. The van der Waals surface area contributed by atoms with Gasteiger partial charge in [0.15, 0.2) is 10.8 Å². The summed E-state index contributed by atoms with van der Waals surface area (Å²) < 4.78 is 0. The molecular weight excluding hydrogens is 1310 g/mol. The number of benzene rings is 1. The van der Waals surface area contributed by atoms with E-state index in [2.05, 4.69) is 73.4 Å². The molecule has 0 aliphatic carbocycles. The zero-order valence-corrected chi connectivity index (χ0v) is 57.8. The molecule has 12 atom stereocenters. The normalized spacial score (nSPS) is 20.6. The van der Waals surface area contributed by atoms with Crippen LogP contribution in [-0.2, 0) is 75.2 Å². The van der Waals surface area contributed by atoms with Gasteiger partial charge in [0.1, 0.15) is 66.1 Å². The number of amides is 12. The summed E-state index contributed by atoms with van der Waals surface area (Å²) >= 11 is 0.974. The van der Waals surface area contributed by atoms with Crippen LogP contribution in [0.25, 0.3) is 0 Å². The number of carboxylic acids is 2. The summed E-state index contributed by atoms with van der Waals surface area (Å²) in [6.45, 7) is 13.6. The average Bonchev–Trinajstić information content (AvgIpc) is 1.33. The number of rotatable bonds is 34. The molecule has 12 unspecified atom stereocenters. The SMILES string of the molecule is CCC(C)C(=O)c1nc(C(=O)NC(CC(C)C)C(=O)NC(CCC(=O)O)C(=O)NC(C(=O)NCCCCC2NC(=O)C(CC(N)=O)NC(=O)C(CC(=O)O)NC(=O)C(Cc3cnc[nH]3)NC(=O)C(Cc3ccccc3)NC(=O)C(C(C)CC)NC(=O)C(CCCN)NC2=O)C(C)C)cs1. The number of hydrogen-bond acceptors (Lipinski definition) is 19. The minimum Gasteiger partial charge on any atom is -0.481 e. The van der Waals surface area contributed by atoms with Crippen LogP contribution in [0, 0.1) is 23.7 Å². The van der Waals surface area contributed by atoms with Crippen molar-refractivity contribution < 1.29 is 82.1 Å². The molecule has 0 radical (unpaired) electrons. The average molecular weight is 1410 g/mol. The highest BCUT2D eigenvalue weighted by molar-refractivity contribution is 7.12. The maximum absolute atomic E-state index is 14.7. The van der Waals surface area contributed by atoms with Crippen molar-refractivity contribution in [1.29, 1.82) is 0 Å². The van der Waals surface area contributed by atoms with Gasteiger partial charge in [0.2, 0.25) is 65.0 Å². The van der Waals surface area contributed by atoms with Crippen molar-refractivity contribution in [2.45, 2.75) is 206 Å². The Morgan fingerprint density at radius 2 is 1.17 bits per heavy atom. The number of hydrogen-bond donors (Lipinski definition) is 16. The van der Waals surface area contributed by atoms with Crippen LogP contribution in [0.15, 0.2) is 48.2 Å². The molecule has 4 rings (SSSR count). The summed E-state index contributed by atoms with van der Waals surface area (Å²) in [5, 5.41) is 49.3. The number of carboxylic acid groups (broad SMARTS) is 2. The highest BCUT2D eigenvalue weighted by Gasteiger charge is 2.39. The third-order valence-corrected chi connectivity index (χ3v) is 17.3. The first-order chi connectivity index (χ1) is 46.8. The van der Waals surface area contributed by atoms with Gasteiger partial charge in [-0.15, -0.1) is 11.3 Å². The predicted molar refractivity (Wildman–Crippen MR) is 359 cm³/mol. The minimum absolute atomic E-state index is 0.0132. The third kappa shape index (κ3) is 27.2. The number of aromatic nitrogens is 3. The smallest absolute Gasteiger partial charge is 0.305 e. The van der Waals surface area contributed by atoms with Gasteiger partial charge in [-0.3, -0.25) is 71.9 Å². The van der Waals surface area contributed by atoms with Crippen molar-refractivity contribution in [1.82, 2.24) is 73.4 Å². The molecule has 3 heterocycles. The van der Waals surface area contributed by atoms with Gasteiger partial charge in [0.05, 0.1) is 19.2 Å². The van der Waals surface area contributed by atoms with E-state index in [9.17, 15) is 82.1 Å². The first kappa shape index (κ1) is 81.7.